The lowest BCUT2D eigenvalue weighted by Gasteiger charge is -2.32. The molecule has 0 aliphatic heterocycles. The van der Waals surface area contributed by atoms with Crippen molar-refractivity contribution in [3.8, 4) is 0 Å². The third-order valence-corrected chi connectivity index (χ3v) is 15.8. The average Bonchev–Trinajstić information content (AvgIpc) is 2.61. The van der Waals surface area contributed by atoms with Crippen LogP contribution in [0.4, 0.5) is 0 Å². The van der Waals surface area contributed by atoms with Gasteiger partial charge in [0.2, 0.25) is 0 Å². The molecule has 0 bridgehead atoms. The second kappa shape index (κ2) is 11.9. The Hall–Kier alpha value is 0.411. The van der Waals surface area contributed by atoms with Gasteiger partial charge in [-0.15, -0.1) is 0 Å². The maximum atomic E-state index is 5.58. The van der Waals surface area contributed by atoms with Gasteiger partial charge in [-0.1, -0.05) is 44.4 Å². The van der Waals surface area contributed by atoms with Crippen molar-refractivity contribution in [1.82, 2.24) is 0 Å². The quantitative estimate of drug-likeness (QED) is 0.393. The summed E-state index contributed by atoms with van der Waals surface area (Å²) in [5.74, 6) is 0. The van der Waals surface area contributed by atoms with E-state index in [-0.39, 0.29) is 0 Å². The van der Waals surface area contributed by atoms with Gasteiger partial charge in [0.1, 0.15) is 0 Å². The molecular formula is C15H38O6Si3. The summed E-state index contributed by atoms with van der Waals surface area (Å²) in [5.41, 5.74) is 0. The predicted molar refractivity (Wildman–Crippen MR) is 104 cm³/mol. The Bertz CT molecular complexity index is 310. The molecule has 0 rings (SSSR count). The van der Waals surface area contributed by atoms with Crippen LogP contribution in [-0.2, 0) is 26.6 Å². The minimum atomic E-state index is -2.48. The molecule has 0 radical (unpaired) electrons. The summed E-state index contributed by atoms with van der Waals surface area (Å²) in [4.78, 5) is 0. The van der Waals surface area contributed by atoms with E-state index in [4.69, 9.17) is 26.6 Å². The first-order chi connectivity index (χ1) is 11.3. The third kappa shape index (κ3) is 7.34. The Balaban J connectivity index is 4.76. The van der Waals surface area contributed by atoms with Crippen molar-refractivity contribution in [2.24, 2.45) is 0 Å². The van der Waals surface area contributed by atoms with Crippen molar-refractivity contribution >= 4 is 25.7 Å². The molecule has 0 saturated carbocycles. The van der Waals surface area contributed by atoms with Crippen LogP contribution < -0.4 is 0 Å². The van der Waals surface area contributed by atoms with Crippen LogP contribution in [0.1, 0.15) is 19.8 Å². The van der Waals surface area contributed by atoms with E-state index in [1.165, 1.54) is 18.5 Å². The second-order valence-electron chi connectivity index (χ2n) is 6.50. The summed E-state index contributed by atoms with van der Waals surface area (Å²) in [7, 11) is 3.76. The van der Waals surface area contributed by atoms with E-state index in [9.17, 15) is 0 Å². The van der Waals surface area contributed by atoms with Crippen LogP contribution in [0, 0.1) is 0 Å². The molecule has 0 amide bonds. The van der Waals surface area contributed by atoms with Crippen LogP contribution >= 0.6 is 0 Å². The molecule has 0 fully saturated rings. The lowest BCUT2D eigenvalue weighted by Crippen LogP contribution is -2.45. The highest BCUT2D eigenvalue weighted by molar-refractivity contribution is 6.80. The molecule has 0 N–H and O–H groups in total. The second-order valence-corrected chi connectivity index (χ2v) is 17.8. The minimum Gasteiger partial charge on any atom is -0.377 e. The maximum Gasteiger partial charge on any atom is 0.500 e. The van der Waals surface area contributed by atoms with Gasteiger partial charge in [-0.25, -0.2) is 0 Å². The fraction of sp³-hybridized carbons (Fsp3) is 1.00. The summed E-state index contributed by atoms with van der Waals surface area (Å²) in [6.45, 7) is 4.74. The zero-order valence-electron chi connectivity index (χ0n) is 16.9. The van der Waals surface area contributed by atoms with Crippen molar-refractivity contribution in [3.63, 3.8) is 0 Å². The molecule has 24 heavy (non-hydrogen) atoms. The average molecular weight is 399 g/mol. The summed E-state index contributed by atoms with van der Waals surface area (Å²) in [6.07, 6.45) is 2.29. The first kappa shape index (κ1) is 24.4. The van der Waals surface area contributed by atoms with Gasteiger partial charge in [0, 0.05) is 54.7 Å². The number of hydrogen-bond acceptors (Lipinski definition) is 6. The van der Waals surface area contributed by atoms with Crippen molar-refractivity contribution < 1.29 is 26.6 Å². The topological polar surface area (TPSA) is 55.4 Å². The zero-order chi connectivity index (χ0) is 18.7. The Morgan fingerprint density at radius 2 is 0.958 bits per heavy atom. The molecule has 0 aliphatic carbocycles. The van der Waals surface area contributed by atoms with Crippen molar-refractivity contribution in [3.05, 3.63) is 0 Å². The highest BCUT2D eigenvalue weighted by atomic mass is 28.4. The molecule has 6 nitrogen and oxygen atoms in total. The molecule has 1 unspecified atom stereocenters. The van der Waals surface area contributed by atoms with E-state index in [0.29, 0.717) is 0 Å². The Morgan fingerprint density at radius 3 is 1.33 bits per heavy atom. The minimum absolute atomic E-state index is 0.865. The van der Waals surface area contributed by atoms with Gasteiger partial charge in [0.15, 0.2) is 0 Å². The molecular weight excluding hydrogens is 360 g/mol. The Labute approximate surface area is 151 Å². The monoisotopic (exact) mass is 398 g/mol. The van der Waals surface area contributed by atoms with Crippen molar-refractivity contribution in [1.29, 1.82) is 0 Å². The first-order valence-electron chi connectivity index (χ1n) is 8.65. The van der Waals surface area contributed by atoms with E-state index >= 15 is 0 Å². The summed E-state index contributed by atoms with van der Waals surface area (Å²) in [5, 5.41) is 0. The molecule has 146 valence electrons. The van der Waals surface area contributed by atoms with E-state index in [1.54, 1.807) is 42.7 Å². The highest BCUT2D eigenvalue weighted by Gasteiger charge is 2.42. The van der Waals surface area contributed by atoms with Gasteiger partial charge in [0.25, 0.3) is 0 Å². The number of hydrogen-bond donors (Lipinski definition) is 0. The van der Waals surface area contributed by atoms with Crippen molar-refractivity contribution in [2.45, 2.75) is 56.5 Å². The SMILES string of the molecule is CCC[Si](C)(CCC[Si](OC)(OC)OC)CC[Si](OC)(OC)OC. The van der Waals surface area contributed by atoms with Gasteiger partial charge in [-0.05, 0) is 0 Å². The summed E-state index contributed by atoms with van der Waals surface area (Å²) >= 11 is 0. The first-order valence-corrected chi connectivity index (χ1v) is 15.6. The van der Waals surface area contributed by atoms with Crippen LogP contribution in [0.25, 0.3) is 0 Å². The zero-order valence-corrected chi connectivity index (χ0v) is 19.9. The lowest BCUT2D eigenvalue weighted by molar-refractivity contribution is 0.123. The molecule has 0 aromatic carbocycles. The summed E-state index contributed by atoms with van der Waals surface area (Å²) in [6, 6.07) is 5.44. The van der Waals surface area contributed by atoms with Gasteiger partial charge in [-0.2, -0.15) is 0 Å². The van der Waals surface area contributed by atoms with Crippen LogP contribution in [0.2, 0.25) is 36.8 Å². The lowest BCUT2D eigenvalue weighted by atomic mass is 10.6. The Morgan fingerprint density at radius 1 is 0.542 bits per heavy atom. The van der Waals surface area contributed by atoms with E-state index in [2.05, 4.69) is 13.5 Å². The highest BCUT2D eigenvalue weighted by Crippen LogP contribution is 2.31. The fourth-order valence-corrected chi connectivity index (χ4v) is 13.1. The van der Waals surface area contributed by atoms with Crippen LogP contribution in [0.15, 0.2) is 0 Å². The van der Waals surface area contributed by atoms with Gasteiger partial charge < -0.3 is 26.6 Å². The predicted octanol–water partition coefficient (Wildman–Crippen LogP) is 3.62. The standard InChI is InChI=1S/C15H38O6Si3/c1-9-11-22(8,14-15-24(19-5,20-6)21-7)12-10-13-23(16-2,17-3)18-4/h9-15H2,1-8H3. The maximum absolute atomic E-state index is 5.58. The van der Waals surface area contributed by atoms with Gasteiger partial charge >= 0.3 is 17.6 Å². The molecule has 0 saturated heterocycles. The Kier molecular flexibility index (Phi) is 12.1. The van der Waals surface area contributed by atoms with E-state index in [1.807, 2.05) is 0 Å². The molecule has 0 aliphatic rings. The smallest absolute Gasteiger partial charge is 0.377 e. The van der Waals surface area contributed by atoms with Gasteiger partial charge in [0.05, 0.1) is 8.07 Å². The van der Waals surface area contributed by atoms with E-state index in [0.717, 1.165) is 24.6 Å². The molecule has 0 spiro atoms. The largest absolute Gasteiger partial charge is 0.500 e. The number of rotatable bonds is 15. The van der Waals surface area contributed by atoms with Crippen LogP contribution in [0.5, 0.6) is 0 Å². The molecule has 0 heterocycles. The van der Waals surface area contributed by atoms with Crippen molar-refractivity contribution in [2.75, 3.05) is 42.7 Å². The molecule has 1 atom stereocenters. The van der Waals surface area contributed by atoms with E-state index < -0.39 is 25.7 Å². The fourth-order valence-electron chi connectivity index (χ4n) is 3.28. The van der Waals surface area contributed by atoms with Gasteiger partial charge in [-0.3, -0.25) is 0 Å². The molecule has 9 heteroatoms. The van der Waals surface area contributed by atoms with Crippen LogP contribution in [0.3, 0.4) is 0 Å². The van der Waals surface area contributed by atoms with Crippen LogP contribution in [-0.4, -0.2) is 68.3 Å². The third-order valence-electron chi connectivity index (χ3n) is 5.02. The molecule has 0 aromatic heterocycles. The summed E-state index contributed by atoms with van der Waals surface area (Å²) < 4.78 is 33.4. The molecule has 0 aromatic rings. The normalized spacial score (nSPS) is 15.5.